The van der Waals surface area contributed by atoms with Crippen LogP contribution in [-0.2, 0) is 20.8 Å². The zero-order valence-electron chi connectivity index (χ0n) is 14.9. The van der Waals surface area contributed by atoms with Crippen molar-refractivity contribution in [2.45, 2.75) is 20.4 Å². The molecule has 2 aliphatic heterocycles. The van der Waals surface area contributed by atoms with Crippen molar-refractivity contribution >= 4 is 5.91 Å². The summed E-state index contributed by atoms with van der Waals surface area (Å²) in [5.74, 6) is 0.441. The van der Waals surface area contributed by atoms with Gasteiger partial charge in [0.15, 0.2) is 0 Å². The molecule has 2 heterocycles. The molecule has 5 heteroatoms. The minimum atomic E-state index is -0.0505. The highest BCUT2D eigenvalue weighted by Crippen LogP contribution is 2.41. The third-order valence-electron chi connectivity index (χ3n) is 5.40. The number of nitrogens with one attached hydrogen (secondary N) is 1. The SMILES string of the molecule is COCC(=O)NC[C@]12COC[C@H]1CN(Cc1cc(C)ccc1C)C2. The minimum Gasteiger partial charge on any atom is -0.380 e. The first kappa shape index (κ1) is 17.4. The molecular formula is C19H28N2O3. The Morgan fingerprint density at radius 1 is 1.46 bits per heavy atom. The van der Waals surface area contributed by atoms with Crippen molar-refractivity contribution in [1.29, 1.82) is 0 Å². The maximum absolute atomic E-state index is 11.7. The van der Waals surface area contributed by atoms with Gasteiger partial charge in [-0.2, -0.15) is 0 Å². The van der Waals surface area contributed by atoms with E-state index in [1.807, 2.05) is 0 Å². The number of aryl methyl sites for hydroxylation is 2. The molecule has 5 nitrogen and oxygen atoms in total. The zero-order chi connectivity index (χ0) is 17.2. The lowest BCUT2D eigenvalue weighted by molar-refractivity contribution is -0.125. The van der Waals surface area contributed by atoms with Crippen molar-refractivity contribution in [1.82, 2.24) is 10.2 Å². The van der Waals surface area contributed by atoms with Gasteiger partial charge in [-0.3, -0.25) is 9.69 Å². The molecule has 2 saturated heterocycles. The highest BCUT2D eigenvalue weighted by atomic mass is 16.5. The van der Waals surface area contributed by atoms with Crippen molar-refractivity contribution in [3.8, 4) is 0 Å². The third kappa shape index (κ3) is 3.63. The average molecular weight is 332 g/mol. The van der Waals surface area contributed by atoms with Crippen LogP contribution >= 0.6 is 0 Å². The Labute approximate surface area is 144 Å². The van der Waals surface area contributed by atoms with Crippen LogP contribution in [0, 0.1) is 25.2 Å². The quantitative estimate of drug-likeness (QED) is 0.858. The molecule has 1 N–H and O–H groups in total. The van der Waals surface area contributed by atoms with E-state index in [0.717, 1.165) is 32.8 Å². The zero-order valence-corrected chi connectivity index (χ0v) is 14.9. The lowest BCUT2D eigenvalue weighted by Gasteiger charge is -2.27. The summed E-state index contributed by atoms with van der Waals surface area (Å²) in [6.45, 7) is 9.61. The summed E-state index contributed by atoms with van der Waals surface area (Å²) >= 11 is 0. The van der Waals surface area contributed by atoms with Crippen LogP contribution in [0.3, 0.4) is 0 Å². The summed E-state index contributed by atoms with van der Waals surface area (Å²) in [4.78, 5) is 14.3. The molecule has 2 fully saturated rings. The molecule has 132 valence electrons. The van der Waals surface area contributed by atoms with Gasteiger partial charge in [0, 0.05) is 44.6 Å². The van der Waals surface area contributed by atoms with Crippen LogP contribution in [0.2, 0.25) is 0 Å². The van der Waals surface area contributed by atoms with E-state index in [1.165, 1.54) is 16.7 Å². The first-order valence-corrected chi connectivity index (χ1v) is 8.64. The first-order chi connectivity index (χ1) is 11.5. The Kier molecular flexibility index (Phi) is 5.23. The number of hydrogen-bond acceptors (Lipinski definition) is 4. The number of likely N-dealkylation sites (tertiary alicyclic amines) is 1. The molecule has 1 aromatic carbocycles. The Morgan fingerprint density at radius 3 is 3.08 bits per heavy atom. The minimum absolute atomic E-state index is 0.0428. The van der Waals surface area contributed by atoms with Crippen LogP contribution < -0.4 is 5.32 Å². The molecule has 0 aromatic heterocycles. The maximum atomic E-state index is 11.7. The van der Waals surface area contributed by atoms with Crippen molar-refractivity contribution in [2.24, 2.45) is 11.3 Å². The van der Waals surface area contributed by atoms with E-state index in [4.69, 9.17) is 9.47 Å². The van der Waals surface area contributed by atoms with Crippen LogP contribution in [-0.4, -0.2) is 57.4 Å². The Balaban J connectivity index is 1.65. The van der Waals surface area contributed by atoms with Crippen LogP contribution in [0.1, 0.15) is 16.7 Å². The number of amides is 1. The van der Waals surface area contributed by atoms with E-state index in [-0.39, 0.29) is 17.9 Å². The Bertz CT molecular complexity index is 604. The molecule has 1 aromatic rings. The lowest BCUT2D eigenvalue weighted by Crippen LogP contribution is -2.44. The van der Waals surface area contributed by atoms with Gasteiger partial charge in [0.25, 0.3) is 0 Å². The van der Waals surface area contributed by atoms with E-state index in [9.17, 15) is 4.79 Å². The summed E-state index contributed by atoms with van der Waals surface area (Å²) in [5.41, 5.74) is 4.09. The van der Waals surface area contributed by atoms with Gasteiger partial charge in [-0.15, -0.1) is 0 Å². The van der Waals surface area contributed by atoms with E-state index < -0.39 is 0 Å². The molecule has 0 spiro atoms. The number of ether oxygens (including phenoxy) is 2. The Hall–Kier alpha value is -1.43. The van der Waals surface area contributed by atoms with Crippen LogP contribution in [0.4, 0.5) is 0 Å². The number of hydrogen-bond donors (Lipinski definition) is 1. The lowest BCUT2D eigenvalue weighted by atomic mass is 9.81. The van der Waals surface area contributed by atoms with Gasteiger partial charge < -0.3 is 14.8 Å². The van der Waals surface area contributed by atoms with Crippen molar-refractivity contribution in [2.75, 3.05) is 46.6 Å². The second-order valence-corrected chi connectivity index (χ2v) is 7.38. The van der Waals surface area contributed by atoms with Crippen molar-refractivity contribution < 1.29 is 14.3 Å². The fourth-order valence-electron chi connectivity index (χ4n) is 3.98. The summed E-state index contributed by atoms with van der Waals surface area (Å²) < 4.78 is 10.6. The average Bonchev–Trinajstić information content (AvgIpc) is 3.06. The van der Waals surface area contributed by atoms with E-state index in [2.05, 4.69) is 42.3 Å². The summed E-state index contributed by atoms with van der Waals surface area (Å²) in [6.07, 6.45) is 0. The van der Waals surface area contributed by atoms with Gasteiger partial charge in [0.1, 0.15) is 6.61 Å². The van der Waals surface area contributed by atoms with Gasteiger partial charge in [-0.05, 0) is 25.0 Å². The second kappa shape index (κ2) is 7.21. The van der Waals surface area contributed by atoms with E-state index in [0.29, 0.717) is 12.5 Å². The van der Waals surface area contributed by atoms with Gasteiger partial charge in [-0.1, -0.05) is 23.8 Å². The van der Waals surface area contributed by atoms with Gasteiger partial charge >= 0.3 is 0 Å². The molecule has 2 aliphatic rings. The largest absolute Gasteiger partial charge is 0.380 e. The van der Waals surface area contributed by atoms with Crippen molar-refractivity contribution in [3.05, 3.63) is 34.9 Å². The molecule has 0 bridgehead atoms. The molecule has 0 aliphatic carbocycles. The van der Waals surface area contributed by atoms with Crippen LogP contribution in [0.15, 0.2) is 18.2 Å². The summed E-state index contributed by atoms with van der Waals surface area (Å²) in [7, 11) is 1.54. The highest BCUT2D eigenvalue weighted by Gasteiger charge is 2.50. The van der Waals surface area contributed by atoms with E-state index >= 15 is 0 Å². The molecule has 0 radical (unpaired) electrons. The third-order valence-corrected chi connectivity index (χ3v) is 5.40. The molecular weight excluding hydrogens is 304 g/mol. The number of benzene rings is 1. The molecule has 3 rings (SSSR count). The van der Waals surface area contributed by atoms with Gasteiger partial charge in [-0.25, -0.2) is 0 Å². The highest BCUT2D eigenvalue weighted by molar-refractivity contribution is 5.77. The number of rotatable bonds is 6. The number of fused-ring (bicyclic) bond motifs is 1. The molecule has 24 heavy (non-hydrogen) atoms. The smallest absolute Gasteiger partial charge is 0.246 e. The van der Waals surface area contributed by atoms with Crippen LogP contribution in [0.5, 0.6) is 0 Å². The summed E-state index contributed by atoms with van der Waals surface area (Å²) in [6, 6.07) is 6.65. The first-order valence-electron chi connectivity index (χ1n) is 8.64. The van der Waals surface area contributed by atoms with Gasteiger partial charge in [0.2, 0.25) is 5.91 Å². The number of carbonyl (C=O) groups excluding carboxylic acids is 1. The summed E-state index contributed by atoms with van der Waals surface area (Å²) in [5, 5.41) is 3.02. The fraction of sp³-hybridized carbons (Fsp3) is 0.632. The number of methoxy groups -OCH3 is 1. The fourth-order valence-corrected chi connectivity index (χ4v) is 3.98. The molecule has 2 atom stereocenters. The van der Waals surface area contributed by atoms with Crippen LogP contribution in [0.25, 0.3) is 0 Å². The molecule has 0 unspecified atom stereocenters. The molecule has 1 amide bonds. The topological polar surface area (TPSA) is 50.8 Å². The molecule has 0 saturated carbocycles. The van der Waals surface area contributed by atoms with E-state index in [1.54, 1.807) is 7.11 Å². The number of nitrogens with zero attached hydrogens (tertiary/aromatic N) is 1. The van der Waals surface area contributed by atoms with Crippen molar-refractivity contribution in [3.63, 3.8) is 0 Å². The number of carbonyl (C=O) groups is 1. The maximum Gasteiger partial charge on any atom is 0.246 e. The normalized spacial score (nSPS) is 26.5. The Morgan fingerprint density at radius 2 is 2.29 bits per heavy atom. The monoisotopic (exact) mass is 332 g/mol. The predicted molar refractivity (Wildman–Crippen MR) is 92.8 cm³/mol. The predicted octanol–water partition coefficient (Wildman–Crippen LogP) is 1.51. The second-order valence-electron chi connectivity index (χ2n) is 7.38. The van der Waals surface area contributed by atoms with Gasteiger partial charge in [0.05, 0.1) is 13.2 Å². The standard InChI is InChI=1S/C19H28N2O3/c1-14-4-5-15(2)16(6-14)7-21-8-17-9-24-13-19(17,12-21)11-20-18(22)10-23-3/h4-6,17H,7-13H2,1-3H3,(H,20,22)/t17-,19+/m1/s1.